The number of aromatic nitrogens is 4. The van der Waals surface area contributed by atoms with E-state index in [9.17, 15) is 4.79 Å². The lowest BCUT2D eigenvalue weighted by molar-refractivity contribution is 0.0709. The summed E-state index contributed by atoms with van der Waals surface area (Å²) in [4.78, 5) is 18.1. The number of benzene rings is 1. The fraction of sp³-hybridized carbons (Fsp3) is 0.353. The molecule has 8 heteroatoms. The highest BCUT2D eigenvalue weighted by atomic mass is 35.5. The quantitative estimate of drug-likeness (QED) is 0.752. The van der Waals surface area contributed by atoms with Crippen molar-refractivity contribution in [2.45, 2.75) is 18.9 Å². The highest BCUT2D eigenvalue weighted by Crippen LogP contribution is 2.32. The van der Waals surface area contributed by atoms with E-state index in [2.05, 4.69) is 20.4 Å². The average molecular weight is 360 g/mol. The van der Waals surface area contributed by atoms with Crippen LogP contribution in [0.4, 0.5) is 0 Å². The number of ether oxygens (including phenoxy) is 1. The van der Waals surface area contributed by atoms with Crippen molar-refractivity contribution in [1.82, 2.24) is 25.3 Å². The van der Waals surface area contributed by atoms with Gasteiger partial charge in [0.2, 0.25) is 0 Å². The number of carbonyl (C=O) groups is 1. The summed E-state index contributed by atoms with van der Waals surface area (Å²) in [6.45, 7) is 2.98. The number of hydrogen-bond donors (Lipinski definition) is 2. The summed E-state index contributed by atoms with van der Waals surface area (Å²) in [5.41, 5.74) is 3.07. The molecule has 0 saturated carbocycles. The third kappa shape index (κ3) is 2.60. The molecule has 1 fully saturated rings. The van der Waals surface area contributed by atoms with Gasteiger partial charge in [0, 0.05) is 25.6 Å². The summed E-state index contributed by atoms with van der Waals surface area (Å²) >= 11 is 6.25. The lowest BCUT2D eigenvalue weighted by atomic mass is 10.0. The second-order valence-electron chi connectivity index (χ2n) is 6.27. The summed E-state index contributed by atoms with van der Waals surface area (Å²) < 4.78 is 5.57. The predicted octanol–water partition coefficient (Wildman–Crippen LogP) is 2.50. The Kier molecular flexibility index (Phi) is 3.97. The lowest BCUT2D eigenvalue weighted by Gasteiger charge is -2.15. The number of nitrogens with one attached hydrogen (secondary N) is 2. The molecule has 1 aliphatic rings. The van der Waals surface area contributed by atoms with Crippen LogP contribution in [-0.4, -0.2) is 57.5 Å². The van der Waals surface area contributed by atoms with Crippen LogP contribution < -0.4 is 0 Å². The minimum Gasteiger partial charge on any atom is -0.379 e. The van der Waals surface area contributed by atoms with Gasteiger partial charge in [-0.3, -0.25) is 4.79 Å². The average Bonchev–Trinajstić information content (AvgIpc) is 3.33. The number of aromatic amines is 2. The van der Waals surface area contributed by atoms with E-state index in [0.717, 1.165) is 22.2 Å². The number of methoxy groups -OCH3 is 1. The van der Waals surface area contributed by atoms with Crippen LogP contribution in [0.3, 0.4) is 0 Å². The maximum atomic E-state index is 13.1. The van der Waals surface area contributed by atoms with Gasteiger partial charge in [0.1, 0.15) is 5.69 Å². The normalized spacial score (nSPS) is 20.5. The van der Waals surface area contributed by atoms with Gasteiger partial charge in [-0.25, -0.2) is 0 Å². The number of likely N-dealkylation sites (tertiary alicyclic amines) is 1. The molecule has 0 spiro atoms. The first-order chi connectivity index (χ1) is 12.1. The maximum absolute atomic E-state index is 13.1. The smallest absolute Gasteiger partial charge is 0.270 e. The topological polar surface area (TPSA) is 86.9 Å². The molecule has 3 aromatic rings. The predicted molar refractivity (Wildman–Crippen MR) is 93.9 cm³/mol. The van der Waals surface area contributed by atoms with Gasteiger partial charge in [0.25, 0.3) is 5.91 Å². The van der Waals surface area contributed by atoms with Gasteiger partial charge in [0.05, 0.1) is 34.5 Å². The van der Waals surface area contributed by atoms with Gasteiger partial charge in [-0.15, -0.1) is 0 Å². The van der Waals surface area contributed by atoms with E-state index in [1.54, 1.807) is 18.2 Å². The number of para-hydroxylation sites is 1. The molecule has 2 aromatic heterocycles. The highest BCUT2D eigenvalue weighted by molar-refractivity contribution is 6.35. The molecule has 1 saturated heterocycles. The molecule has 130 valence electrons. The number of fused-ring (bicyclic) bond motifs is 1. The molecular formula is C17H18ClN5O2. The van der Waals surface area contributed by atoms with Gasteiger partial charge >= 0.3 is 0 Å². The second-order valence-corrected chi connectivity index (χ2v) is 6.68. The van der Waals surface area contributed by atoms with Crippen molar-refractivity contribution in [3.63, 3.8) is 0 Å². The fourth-order valence-electron chi connectivity index (χ4n) is 3.54. The lowest BCUT2D eigenvalue weighted by Crippen LogP contribution is -2.30. The molecule has 1 amide bonds. The summed E-state index contributed by atoms with van der Waals surface area (Å²) in [6.07, 6.45) is 1.57. The molecule has 0 aliphatic carbocycles. The first kappa shape index (κ1) is 16.1. The summed E-state index contributed by atoms with van der Waals surface area (Å²) in [6, 6.07) is 5.66. The van der Waals surface area contributed by atoms with E-state index in [4.69, 9.17) is 16.3 Å². The van der Waals surface area contributed by atoms with Crippen LogP contribution in [0.2, 0.25) is 5.02 Å². The third-order valence-corrected chi connectivity index (χ3v) is 5.24. The molecule has 0 bridgehead atoms. The highest BCUT2D eigenvalue weighted by Gasteiger charge is 2.38. The molecule has 7 nitrogen and oxygen atoms in total. The Morgan fingerprint density at radius 2 is 2.24 bits per heavy atom. The Labute approximate surface area is 149 Å². The standard InChI is InChI=1S/C17H18ClN5O2/c1-9-10-4-3-5-12(18)16(10)20-15(9)17(24)23-7-11(14(8-23)25-2)13-6-19-22-21-13/h3-6,11,14,20H,7-8H2,1-2H3,(H,19,21,22)/t11-,14+/m0/s1. The van der Waals surface area contributed by atoms with Gasteiger partial charge in [-0.1, -0.05) is 23.7 Å². The van der Waals surface area contributed by atoms with Crippen LogP contribution >= 0.6 is 11.6 Å². The number of carbonyl (C=O) groups excluding carboxylic acids is 1. The van der Waals surface area contributed by atoms with Crippen molar-refractivity contribution in [2.75, 3.05) is 20.2 Å². The largest absolute Gasteiger partial charge is 0.379 e. The van der Waals surface area contributed by atoms with Crippen molar-refractivity contribution in [1.29, 1.82) is 0 Å². The van der Waals surface area contributed by atoms with Crippen molar-refractivity contribution in [3.05, 3.63) is 46.4 Å². The van der Waals surface area contributed by atoms with Crippen LogP contribution in [0.5, 0.6) is 0 Å². The summed E-state index contributed by atoms with van der Waals surface area (Å²) in [7, 11) is 1.65. The zero-order valence-corrected chi connectivity index (χ0v) is 14.7. The Morgan fingerprint density at radius 3 is 2.92 bits per heavy atom. The molecule has 0 radical (unpaired) electrons. The minimum atomic E-state index is -0.109. The van der Waals surface area contributed by atoms with Crippen molar-refractivity contribution in [3.8, 4) is 0 Å². The van der Waals surface area contributed by atoms with Crippen LogP contribution in [0.25, 0.3) is 10.9 Å². The summed E-state index contributed by atoms with van der Waals surface area (Å²) in [5, 5.41) is 12.2. The molecule has 0 unspecified atom stereocenters. The number of aryl methyl sites for hydroxylation is 1. The molecule has 1 aromatic carbocycles. The third-order valence-electron chi connectivity index (χ3n) is 4.93. The SMILES string of the molecule is CO[C@@H]1CN(C(=O)c2[nH]c3c(Cl)cccc3c2C)C[C@H]1c1cn[nH]n1. The van der Waals surface area contributed by atoms with E-state index in [1.165, 1.54) is 0 Å². The zero-order valence-electron chi connectivity index (χ0n) is 13.9. The molecule has 2 N–H and O–H groups in total. The van der Waals surface area contributed by atoms with E-state index in [-0.39, 0.29) is 17.9 Å². The zero-order chi connectivity index (χ0) is 17.6. The van der Waals surface area contributed by atoms with Crippen molar-refractivity contribution < 1.29 is 9.53 Å². The first-order valence-electron chi connectivity index (χ1n) is 8.04. The Balaban J connectivity index is 1.66. The molecule has 4 rings (SSSR count). The van der Waals surface area contributed by atoms with Crippen molar-refractivity contribution in [2.24, 2.45) is 0 Å². The van der Waals surface area contributed by atoms with Gasteiger partial charge in [-0.05, 0) is 18.6 Å². The number of amides is 1. The van der Waals surface area contributed by atoms with Gasteiger partial charge < -0.3 is 14.6 Å². The number of hydrogen-bond acceptors (Lipinski definition) is 4. The van der Waals surface area contributed by atoms with E-state index in [1.807, 2.05) is 25.1 Å². The molecule has 1 aliphatic heterocycles. The van der Waals surface area contributed by atoms with E-state index < -0.39 is 0 Å². The molecule has 3 heterocycles. The molecule has 2 atom stereocenters. The summed E-state index contributed by atoms with van der Waals surface area (Å²) in [5.74, 6) is -0.0567. The molecular weight excluding hydrogens is 342 g/mol. The Morgan fingerprint density at radius 1 is 1.40 bits per heavy atom. The van der Waals surface area contributed by atoms with Crippen LogP contribution in [0.15, 0.2) is 24.4 Å². The molecule has 25 heavy (non-hydrogen) atoms. The Bertz CT molecular complexity index is 921. The number of H-pyrrole nitrogens is 2. The van der Waals surface area contributed by atoms with E-state index in [0.29, 0.717) is 23.8 Å². The van der Waals surface area contributed by atoms with Crippen LogP contribution in [0, 0.1) is 6.92 Å². The monoisotopic (exact) mass is 359 g/mol. The fourth-order valence-corrected chi connectivity index (χ4v) is 3.76. The van der Waals surface area contributed by atoms with Gasteiger partial charge in [0.15, 0.2) is 0 Å². The maximum Gasteiger partial charge on any atom is 0.270 e. The van der Waals surface area contributed by atoms with E-state index >= 15 is 0 Å². The number of rotatable bonds is 3. The Hall–Kier alpha value is -2.38. The number of nitrogens with zero attached hydrogens (tertiary/aromatic N) is 3. The number of halogens is 1. The second kappa shape index (κ2) is 6.16. The van der Waals surface area contributed by atoms with Crippen molar-refractivity contribution >= 4 is 28.4 Å². The minimum absolute atomic E-state index is 0.000900. The first-order valence-corrected chi connectivity index (χ1v) is 8.42. The van der Waals surface area contributed by atoms with Crippen LogP contribution in [0.1, 0.15) is 27.7 Å². The van der Waals surface area contributed by atoms with Crippen LogP contribution in [-0.2, 0) is 4.74 Å². The van der Waals surface area contributed by atoms with Gasteiger partial charge in [-0.2, -0.15) is 15.4 Å².